The van der Waals surface area contributed by atoms with Crippen molar-refractivity contribution >= 4 is 11.0 Å². The Morgan fingerprint density at radius 2 is 2.10 bits per heavy atom. The molecule has 1 heterocycles. The van der Waals surface area contributed by atoms with Gasteiger partial charge >= 0.3 is 6.18 Å². The van der Waals surface area contributed by atoms with Gasteiger partial charge in [-0.2, -0.15) is 13.2 Å². The molecular formula is C14H16F3NO3. The number of para-hydroxylation sites is 1. The number of furan rings is 1. The normalized spacial score (nSPS) is 15.1. The number of hydrogen-bond acceptors (Lipinski definition) is 4. The zero-order valence-corrected chi connectivity index (χ0v) is 11.6. The molecule has 0 amide bonds. The van der Waals surface area contributed by atoms with E-state index in [1.54, 1.807) is 25.1 Å². The molecule has 0 aliphatic rings. The van der Waals surface area contributed by atoms with Crippen molar-refractivity contribution in [2.45, 2.75) is 25.2 Å². The summed E-state index contributed by atoms with van der Waals surface area (Å²) in [7, 11) is 1.51. The van der Waals surface area contributed by atoms with Crippen LogP contribution in [0.4, 0.5) is 13.2 Å². The van der Waals surface area contributed by atoms with Crippen molar-refractivity contribution in [1.29, 1.82) is 0 Å². The lowest BCUT2D eigenvalue weighted by Gasteiger charge is -2.17. The third kappa shape index (κ3) is 3.48. The Hall–Kier alpha value is -1.73. The average Bonchev–Trinajstić information content (AvgIpc) is 2.87. The van der Waals surface area contributed by atoms with E-state index in [1.165, 1.54) is 7.11 Å². The Balaban J connectivity index is 2.11. The van der Waals surface area contributed by atoms with E-state index in [0.29, 0.717) is 17.1 Å². The van der Waals surface area contributed by atoms with Crippen LogP contribution in [0.15, 0.2) is 28.7 Å². The third-order valence-electron chi connectivity index (χ3n) is 3.17. The van der Waals surface area contributed by atoms with Crippen molar-refractivity contribution in [3.8, 4) is 5.75 Å². The Bertz CT molecular complexity index is 609. The van der Waals surface area contributed by atoms with Gasteiger partial charge in [-0.25, -0.2) is 0 Å². The minimum Gasteiger partial charge on any atom is -0.493 e. The standard InChI is InChI=1S/C14H16F3NO3/c1-8(18-7-12(19)14(15,16)17)11-6-9-4-3-5-10(20-2)13(9)21-11/h3-6,8,12,18-19H,7H2,1-2H3. The smallest absolute Gasteiger partial charge is 0.415 e. The van der Waals surface area contributed by atoms with Crippen molar-refractivity contribution < 1.29 is 27.4 Å². The predicted molar refractivity (Wildman–Crippen MR) is 71.2 cm³/mol. The molecule has 116 valence electrons. The van der Waals surface area contributed by atoms with E-state index in [1.807, 2.05) is 6.07 Å². The molecule has 0 fully saturated rings. The van der Waals surface area contributed by atoms with Crippen LogP contribution in [0.1, 0.15) is 18.7 Å². The molecule has 0 saturated heterocycles. The number of aliphatic hydroxyl groups is 1. The number of rotatable bonds is 5. The number of fused-ring (bicyclic) bond motifs is 1. The first-order valence-electron chi connectivity index (χ1n) is 6.37. The molecule has 1 aromatic carbocycles. The maximum absolute atomic E-state index is 12.2. The van der Waals surface area contributed by atoms with E-state index in [4.69, 9.17) is 14.3 Å². The molecule has 2 atom stereocenters. The second-order valence-electron chi connectivity index (χ2n) is 4.71. The van der Waals surface area contributed by atoms with Crippen LogP contribution >= 0.6 is 0 Å². The highest BCUT2D eigenvalue weighted by atomic mass is 19.4. The topological polar surface area (TPSA) is 54.6 Å². The molecule has 0 spiro atoms. The molecule has 0 aliphatic heterocycles. The number of hydrogen-bond donors (Lipinski definition) is 2. The highest BCUT2D eigenvalue weighted by molar-refractivity contribution is 5.83. The van der Waals surface area contributed by atoms with Gasteiger partial charge in [-0.3, -0.25) is 0 Å². The lowest BCUT2D eigenvalue weighted by Crippen LogP contribution is -2.39. The molecule has 21 heavy (non-hydrogen) atoms. The van der Waals surface area contributed by atoms with Crippen molar-refractivity contribution in [1.82, 2.24) is 5.32 Å². The summed E-state index contributed by atoms with van der Waals surface area (Å²) in [4.78, 5) is 0. The fourth-order valence-corrected chi connectivity index (χ4v) is 1.94. The molecule has 2 aromatic rings. The van der Waals surface area contributed by atoms with Gasteiger partial charge in [0.25, 0.3) is 0 Å². The van der Waals surface area contributed by atoms with E-state index in [9.17, 15) is 13.2 Å². The second-order valence-corrected chi connectivity index (χ2v) is 4.71. The van der Waals surface area contributed by atoms with E-state index in [2.05, 4.69) is 5.32 Å². The maximum Gasteiger partial charge on any atom is 0.415 e. The summed E-state index contributed by atoms with van der Waals surface area (Å²) in [6, 6.07) is 6.61. The summed E-state index contributed by atoms with van der Waals surface area (Å²) in [6.07, 6.45) is -7.04. The minimum atomic E-state index is -4.64. The molecule has 2 unspecified atom stereocenters. The Morgan fingerprint density at radius 1 is 1.38 bits per heavy atom. The van der Waals surface area contributed by atoms with Gasteiger partial charge in [0.15, 0.2) is 17.4 Å². The molecular weight excluding hydrogens is 287 g/mol. The van der Waals surface area contributed by atoms with E-state index >= 15 is 0 Å². The highest BCUT2D eigenvalue weighted by Crippen LogP contribution is 2.31. The van der Waals surface area contributed by atoms with Gasteiger partial charge in [0.1, 0.15) is 5.76 Å². The Kier molecular flexibility index (Phi) is 4.43. The fraction of sp³-hybridized carbons (Fsp3) is 0.429. The fourth-order valence-electron chi connectivity index (χ4n) is 1.94. The van der Waals surface area contributed by atoms with Crippen LogP contribution in [0.3, 0.4) is 0 Å². The molecule has 2 rings (SSSR count). The maximum atomic E-state index is 12.2. The van der Waals surface area contributed by atoms with Crippen molar-refractivity contribution in [3.63, 3.8) is 0 Å². The molecule has 7 heteroatoms. The Morgan fingerprint density at radius 3 is 2.71 bits per heavy atom. The molecule has 0 aliphatic carbocycles. The number of methoxy groups -OCH3 is 1. The van der Waals surface area contributed by atoms with Crippen molar-refractivity contribution in [2.24, 2.45) is 0 Å². The van der Waals surface area contributed by atoms with Crippen LogP contribution in [0.2, 0.25) is 0 Å². The van der Waals surface area contributed by atoms with Crippen LogP contribution in [-0.2, 0) is 0 Å². The lowest BCUT2D eigenvalue weighted by molar-refractivity contribution is -0.202. The summed E-state index contributed by atoms with van der Waals surface area (Å²) in [5.41, 5.74) is 0.542. The van der Waals surface area contributed by atoms with Gasteiger partial charge in [0, 0.05) is 11.9 Å². The second kappa shape index (κ2) is 5.95. The number of ether oxygens (including phenoxy) is 1. The SMILES string of the molecule is COc1cccc2cc(C(C)NCC(O)C(F)(F)F)oc12. The number of halogens is 3. The van der Waals surface area contributed by atoms with Gasteiger partial charge in [-0.05, 0) is 19.1 Å². The number of alkyl halides is 3. The van der Waals surface area contributed by atoms with Crippen molar-refractivity contribution in [2.75, 3.05) is 13.7 Å². The summed E-state index contributed by atoms with van der Waals surface area (Å²) in [5.74, 6) is 1.03. The summed E-state index contributed by atoms with van der Waals surface area (Å²) >= 11 is 0. The molecule has 1 aromatic heterocycles. The monoisotopic (exact) mass is 303 g/mol. The van der Waals surface area contributed by atoms with Gasteiger partial charge < -0.3 is 19.6 Å². The molecule has 4 nitrogen and oxygen atoms in total. The minimum absolute atomic E-state index is 0.473. The third-order valence-corrected chi connectivity index (χ3v) is 3.17. The molecule has 2 N–H and O–H groups in total. The van der Waals surface area contributed by atoms with Crippen LogP contribution in [-0.4, -0.2) is 31.0 Å². The first-order chi connectivity index (χ1) is 9.82. The molecule has 0 bridgehead atoms. The van der Waals surface area contributed by atoms with Gasteiger partial charge in [-0.15, -0.1) is 0 Å². The van der Waals surface area contributed by atoms with Crippen LogP contribution in [0, 0.1) is 0 Å². The first kappa shape index (κ1) is 15.7. The Labute approximate surface area is 119 Å². The van der Waals surface area contributed by atoms with Crippen LogP contribution in [0.25, 0.3) is 11.0 Å². The van der Waals surface area contributed by atoms with Gasteiger partial charge in [0.2, 0.25) is 0 Å². The predicted octanol–water partition coefficient (Wildman–Crippen LogP) is 3.02. The van der Waals surface area contributed by atoms with Gasteiger partial charge in [0.05, 0.1) is 13.2 Å². The highest BCUT2D eigenvalue weighted by Gasteiger charge is 2.38. The zero-order chi connectivity index (χ0) is 15.6. The zero-order valence-electron chi connectivity index (χ0n) is 11.6. The van der Waals surface area contributed by atoms with Crippen molar-refractivity contribution in [3.05, 3.63) is 30.0 Å². The lowest BCUT2D eigenvalue weighted by atomic mass is 10.2. The first-order valence-corrected chi connectivity index (χ1v) is 6.37. The van der Waals surface area contributed by atoms with E-state index < -0.39 is 24.9 Å². The number of nitrogens with one attached hydrogen (secondary N) is 1. The summed E-state index contributed by atoms with van der Waals surface area (Å²) in [5, 5.41) is 12.4. The molecule has 0 radical (unpaired) electrons. The van der Waals surface area contributed by atoms with Crippen LogP contribution in [0.5, 0.6) is 5.75 Å². The quantitative estimate of drug-likeness (QED) is 0.891. The van der Waals surface area contributed by atoms with E-state index in [-0.39, 0.29) is 0 Å². The largest absolute Gasteiger partial charge is 0.493 e. The van der Waals surface area contributed by atoms with E-state index in [0.717, 1.165) is 5.39 Å². The summed E-state index contributed by atoms with van der Waals surface area (Å²) in [6.45, 7) is 1.06. The average molecular weight is 303 g/mol. The van der Waals surface area contributed by atoms with Gasteiger partial charge in [-0.1, -0.05) is 12.1 Å². The van der Waals surface area contributed by atoms with Crippen LogP contribution < -0.4 is 10.1 Å². The number of aliphatic hydroxyl groups excluding tert-OH is 1. The molecule has 0 saturated carbocycles. The number of benzene rings is 1. The summed E-state index contributed by atoms with van der Waals surface area (Å²) < 4.78 is 47.5.